The topological polar surface area (TPSA) is 38.3 Å². The first-order valence-corrected chi connectivity index (χ1v) is 9.37. The van der Waals surface area contributed by atoms with Crippen molar-refractivity contribution >= 4 is 17.5 Å². The Kier molecular flexibility index (Phi) is 6.35. The SMILES string of the molecule is O=C(NCCOc1ccccc1Cl)c1ccc(C2CCCCC2)cc1. The van der Waals surface area contributed by atoms with E-state index in [4.69, 9.17) is 16.3 Å². The first kappa shape index (κ1) is 17.8. The van der Waals surface area contributed by atoms with Gasteiger partial charge in [-0.25, -0.2) is 0 Å². The van der Waals surface area contributed by atoms with E-state index in [2.05, 4.69) is 17.4 Å². The van der Waals surface area contributed by atoms with Gasteiger partial charge in [0.25, 0.3) is 5.91 Å². The highest BCUT2D eigenvalue weighted by atomic mass is 35.5. The number of amides is 1. The minimum atomic E-state index is -0.0713. The van der Waals surface area contributed by atoms with Crippen molar-refractivity contribution in [1.29, 1.82) is 0 Å². The Balaban J connectivity index is 1.45. The molecule has 1 aliphatic carbocycles. The lowest BCUT2D eigenvalue weighted by molar-refractivity contribution is 0.0947. The van der Waals surface area contributed by atoms with Crippen LogP contribution in [0.5, 0.6) is 5.75 Å². The Bertz CT molecular complexity index is 693. The second-order valence-electron chi connectivity index (χ2n) is 6.49. The Morgan fingerprint density at radius 2 is 1.76 bits per heavy atom. The molecule has 1 fully saturated rings. The molecule has 132 valence electrons. The Labute approximate surface area is 154 Å². The van der Waals surface area contributed by atoms with Gasteiger partial charge in [-0.3, -0.25) is 4.79 Å². The maximum Gasteiger partial charge on any atom is 0.251 e. The van der Waals surface area contributed by atoms with E-state index in [1.165, 1.54) is 37.7 Å². The average molecular weight is 358 g/mol. The van der Waals surface area contributed by atoms with E-state index in [9.17, 15) is 4.79 Å². The molecule has 0 saturated heterocycles. The Morgan fingerprint density at radius 1 is 1.04 bits per heavy atom. The lowest BCUT2D eigenvalue weighted by atomic mass is 9.84. The number of para-hydroxylation sites is 1. The third kappa shape index (κ3) is 4.99. The fraction of sp³-hybridized carbons (Fsp3) is 0.381. The minimum Gasteiger partial charge on any atom is -0.490 e. The predicted octanol–water partition coefficient (Wildman–Crippen LogP) is 5.20. The van der Waals surface area contributed by atoms with Crippen LogP contribution in [0.25, 0.3) is 0 Å². The molecule has 0 unspecified atom stereocenters. The largest absolute Gasteiger partial charge is 0.490 e. The average Bonchev–Trinajstić information content (AvgIpc) is 2.67. The Hall–Kier alpha value is -2.00. The van der Waals surface area contributed by atoms with Crippen molar-refractivity contribution in [2.24, 2.45) is 0 Å². The molecule has 2 aromatic carbocycles. The summed E-state index contributed by atoms with van der Waals surface area (Å²) < 4.78 is 5.57. The molecule has 1 amide bonds. The summed E-state index contributed by atoms with van der Waals surface area (Å²) in [4.78, 5) is 12.2. The van der Waals surface area contributed by atoms with Crippen molar-refractivity contribution in [1.82, 2.24) is 5.32 Å². The number of hydrogen-bond donors (Lipinski definition) is 1. The molecule has 3 rings (SSSR count). The molecule has 0 aliphatic heterocycles. The van der Waals surface area contributed by atoms with Gasteiger partial charge >= 0.3 is 0 Å². The van der Waals surface area contributed by atoms with Crippen LogP contribution in [0.15, 0.2) is 48.5 Å². The summed E-state index contributed by atoms with van der Waals surface area (Å²) >= 11 is 6.03. The smallest absolute Gasteiger partial charge is 0.251 e. The number of halogens is 1. The van der Waals surface area contributed by atoms with Crippen molar-refractivity contribution in [3.63, 3.8) is 0 Å². The van der Waals surface area contributed by atoms with Gasteiger partial charge in [0, 0.05) is 5.56 Å². The third-order valence-corrected chi connectivity index (χ3v) is 5.04. The molecule has 3 nitrogen and oxygen atoms in total. The maximum absolute atomic E-state index is 12.2. The van der Waals surface area contributed by atoms with Crippen molar-refractivity contribution in [3.05, 3.63) is 64.7 Å². The fourth-order valence-electron chi connectivity index (χ4n) is 3.33. The number of carbonyl (C=O) groups is 1. The lowest BCUT2D eigenvalue weighted by Crippen LogP contribution is -2.28. The summed E-state index contributed by atoms with van der Waals surface area (Å²) in [5, 5.41) is 3.46. The van der Waals surface area contributed by atoms with Gasteiger partial charge in [-0.2, -0.15) is 0 Å². The quantitative estimate of drug-likeness (QED) is 0.722. The summed E-state index contributed by atoms with van der Waals surface area (Å²) in [6.45, 7) is 0.823. The van der Waals surface area contributed by atoms with Gasteiger partial charge in [0.2, 0.25) is 0 Å². The van der Waals surface area contributed by atoms with Gasteiger partial charge in [-0.15, -0.1) is 0 Å². The highest BCUT2D eigenvalue weighted by Crippen LogP contribution is 2.32. The molecular formula is C21H24ClNO2. The zero-order valence-electron chi connectivity index (χ0n) is 14.3. The molecule has 25 heavy (non-hydrogen) atoms. The normalized spacial score (nSPS) is 14.9. The van der Waals surface area contributed by atoms with Gasteiger partial charge in [-0.05, 0) is 48.6 Å². The molecule has 2 aromatic rings. The number of carbonyl (C=O) groups excluding carboxylic acids is 1. The summed E-state index contributed by atoms with van der Waals surface area (Å²) in [6.07, 6.45) is 6.53. The van der Waals surface area contributed by atoms with E-state index in [1.54, 1.807) is 6.07 Å². The van der Waals surface area contributed by atoms with Crippen molar-refractivity contribution < 1.29 is 9.53 Å². The Morgan fingerprint density at radius 3 is 2.48 bits per heavy atom. The van der Waals surface area contributed by atoms with Crippen molar-refractivity contribution in [2.75, 3.05) is 13.2 Å². The van der Waals surface area contributed by atoms with E-state index < -0.39 is 0 Å². The number of hydrogen-bond acceptors (Lipinski definition) is 2. The van der Waals surface area contributed by atoms with Crippen LogP contribution in [0.1, 0.15) is 53.9 Å². The van der Waals surface area contributed by atoms with Crippen LogP contribution in [0, 0.1) is 0 Å². The number of benzene rings is 2. The summed E-state index contributed by atoms with van der Waals surface area (Å²) in [5.74, 6) is 1.23. The molecule has 4 heteroatoms. The molecule has 1 saturated carbocycles. The standard InChI is InChI=1S/C21H24ClNO2/c22-19-8-4-5-9-20(19)25-15-14-23-21(24)18-12-10-17(11-13-18)16-6-2-1-3-7-16/h4-5,8-13,16H,1-3,6-7,14-15H2,(H,23,24). The fourth-order valence-corrected chi connectivity index (χ4v) is 3.52. The van der Waals surface area contributed by atoms with Crippen LogP contribution < -0.4 is 10.1 Å². The van der Waals surface area contributed by atoms with Crippen LogP contribution in [-0.4, -0.2) is 19.1 Å². The highest BCUT2D eigenvalue weighted by molar-refractivity contribution is 6.32. The van der Waals surface area contributed by atoms with Crippen LogP contribution in [0.3, 0.4) is 0 Å². The van der Waals surface area contributed by atoms with Crippen molar-refractivity contribution in [2.45, 2.75) is 38.0 Å². The van der Waals surface area contributed by atoms with E-state index >= 15 is 0 Å². The molecule has 0 radical (unpaired) electrons. The monoisotopic (exact) mass is 357 g/mol. The summed E-state index contributed by atoms with van der Waals surface area (Å²) in [7, 11) is 0. The molecule has 0 spiro atoms. The van der Waals surface area contributed by atoms with Gasteiger partial charge in [0.15, 0.2) is 0 Å². The zero-order chi connectivity index (χ0) is 17.5. The van der Waals surface area contributed by atoms with Crippen LogP contribution in [0.4, 0.5) is 0 Å². The first-order valence-electron chi connectivity index (χ1n) is 8.99. The first-order chi connectivity index (χ1) is 12.2. The molecule has 0 atom stereocenters. The maximum atomic E-state index is 12.2. The minimum absolute atomic E-state index is 0.0713. The lowest BCUT2D eigenvalue weighted by Gasteiger charge is -2.22. The summed E-state index contributed by atoms with van der Waals surface area (Å²) in [6, 6.07) is 15.4. The molecule has 0 heterocycles. The van der Waals surface area contributed by atoms with E-state index in [0.717, 1.165) is 0 Å². The second kappa shape index (κ2) is 8.91. The molecule has 0 bridgehead atoms. The zero-order valence-corrected chi connectivity index (χ0v) is 15.1. The second-order valence-corrected chi connectivity index (χ2v) is 6.90. The van der Waals surface area contributed by atoms with Crippen LogP contribution in [-0.2, 0) is 0 Å². The van der Waals surface area contributed by atoms with Crippen molar-refractivity contribution in [3.8, 4) is 5.75 Å². The van der Waals surface area contributed by atoms with Gasteiger partial charge in [0.05, 0.1) is 11.6 Å². The highest BCUT2D eigenvalue weighted by Gasteiger charge is 2.15. The molecule has 1 N–H and O–H groups in total. The van der Waals surface area contributed by atoms with Crippen LogP contribution in [0.2, 0.25) is 5.02 Å². The molecule has 1 aliphatic rings. The number of nitrogens with one attached hydrogen (secondary N) is 1. The van der Waals surface area contributed by atoms with Gasteiger partial charge in [0.1, 0.15) is 12.4 Å². The van der Waals surface area contributed by atoms with Gasteiger partial charge in [-0.1, -0.05) is 55.1 Å². The van der Waals surface area contributed by atoms with E-state index in [-0.39, 0.29) is 5.91 Å². The third-order valence-electron chi connectivity index (χ3n) is 4.73. The predicted molar refractivity (Wildman–Crippen MR) is 102 cm³/mol. The molecular weight excluding hydrogens is 334 g/mol. The molecule has 0 aromatic heterocycles. The van der Waals surface area contributed by atoms with Crippen LogP contribution >= 0.6 is 11.6 Å². The van der Waals surface area contributed by atoms with Gasteiger partial charge < -0.3 is 10.1 Å². The number of ether oxygens (including phenoxy) is 1. The number of rotatable bonds is 6. The van der Waals surface area contributed by atoms with E-state index in [0.29, 0.717) is 35.4 Å². The van der Waals surface area contributed by atoms with E-state index in [1.807, 2.05) is 30.3 Å². The summed E-state index contributed by atoms with van der Waals surface area (Å²) in [5.41, 5.74) is 2.05.